The van der Waals surface area contributed by atoms with E-state index < -0.39 is 14.9 Å². The van der Waals surface area contributed by atoms with Crippen molar-refractivity contribution in [3.63, 3.8) is 0 Å². The second kappa shape index (κ2) is 9.44. The molecule has 166 valence electrons. The number of sulfonamides is 1. The van der Waals surface area contributed by atoms with Crippen LogP contribution in [0.5, 0.6) is 0 Å². The first kappa shape index (κ1) is 22.7. The molecule has 1 heterocycles. The molecule has 2 aromatic rings. The molecule has 2 N–H and O–H groups in total. The van der Waals surface area contributed by atoms with Crippen molar-refractivity contribution in [2.75, 3.05) is 30.3 Å². The summed E-state index contributed by atoms with van der Waals surface area (Å²) in [6.45, 7) is 4.28. The number of hydrogen-bond donors (Lipinski definition) is 2. The Kier molecular flexibility index (Phi) is 6.91. The summed E-state index contributed by atoms with van der Waals surface area (Å²) in [5.41, 5.74) is 2.04. The maximum Gasteiger partial charge on any atom is 0.274 e. The summed E-state index contributed by atoms with van der Waals surface area (Å²) in [4.78, 5) is 23.2. The molecular formula is C21H26N4O5S. The number of piperidine rings is 1. The van der Waals surface area contributed by atoms with Crippen LogP contribution in [0, 0.1) is 24.0 Å². The van der Waals surface area contributed by atoms with Gasteiger partial charge in [-0.05, 0) is 50.5 Å². The maximum atomic E-state index is 12.9. The van der Waals surface area contributed by atoms with Gasteiger partial charge in [-0.1, -0.05) is 18.6 Å². The minimum Gasteiger partial charge on any atom is -0.376 e. The molecule has 0 spiro atoms. The Morgan fingerprint density at radius 1 is 1.10 bits per heavy atom. The van der Waals surface area contributed by atoms with Crippen molar-refractivity contribution in [1.29, 1.82) is 0 Å². The number of nitro benzene ring substituents is 1. The average molecular weight is 447 g/mol. The van der Waals surface area contributed by atoms with Crippen molar-refractivity contribution >= 4 is 33.0 Å². The molecule has 0 radical (unpaired) electrons. The van der Waals surface area contributed by atoms with Crippen LogP contribution < -0.4 is 10.6 Å². The first-order valence-corrected chi connectivity index (χ1v) is 11.5. The van der Waals surface area contributed by atoms with E-state index in [-0.39, 0.29) is 23.0 Å². The van der Waals surface area contributed by atoms with Gasteiger partial charge in [0.2, 0.25) is 15.9 Å². The van der Waals surface area contributed by atoms with E-state index in [1.54, 1.807) is 38.1 Å². The molecule has 0 aromatic heterocycles. The summed E-state index contributed by atoms with van der Waals surface area (Å²) in [5.74, 6) is -0.387. The number of aryl methyl sites for hydroxylation is 1. The highest BCUT2D eigenvalue weighted by Crippen LogP contribution is 2.26. The minimum absolute atomic E-state index is 0.0307. The first-order chi connectivity index (χ1) is 14.7. The molecule has 1 amide bonds. The molecule has 0 atom stereocenters. The van der Waals surface area contributed by atoms with Gasteiger partial charge in [0.1, 0.15) is 0 Å². The molecule has 10 heteroatoms. The summed E-state index contributed by atoms with van der Waals surface area (Å²) in [5, 5.41) is 16.7. The largest absolute Gasteiger partial charge is 0.376 e. The Balaban J connectivity index is 1.71. The van der Waals surface area contributed by atoms with Crippen LogP contribution >= 0.6 is 0 Å². The van der Waals surface area contributed by atoms with Gasteiger partial charge < -0.3 is 10.6 Å². The standard InChI is InChI=1S/C21H26N4O5S/c1-15-9-10-17(31(29,30)24-11-4-3-5-12-24)13-19(15)23-21(26)14-22-18-7-6-8-20(16(18)2)25(27)28/h6-10,13,22H,3-5,11-12,14H2,1-2H3,(H,23,26). The van der Waals surface area contributed by atoms with Gasteiger partial charge in [0.05, 0.1) is 16.4 Å². The van der Waals surface area contributed by atoms with Crippen LogP contribution in [-0.2, 0) is 14.8 Å². The van der Waals surface area contributed by atoms with Crippen molar-refractivity contribution in [3.8, 4) is 0 Å². The number of carbonyl (C=O) groups is 1. The van der Waals surface area contributed by atoms with Crippen molar-refractivity contribution in [2.45, 2.75) is 38.0 Å². The Morgan fingerprint density at radius 3 is 2.48 bits per heavy atom. The van der Waals surface area contributed by atoms with Gasteiger partial charge in [0.15, 0.2) is 0 Å². The Hall–Kier alpha value is -2.98. The van der Waals surface area contributed by atoms with E-state index in [9.17, 15) is 23.3 Å². The number of amides is 1. The lowest BCUT2D eigenvalue weighted by molar-refractivity contribution is -0.385. The molecule has 31 heavy (non-hydrogen) atoms. The predicted octanol–water partition coefficient (Wildman–Crippen LogP) is 3.44. The topological polar surface area (TPSA) is 122 Å². The second-order valence-electron chi connectivity index (χ2n) is 7.55. The molecule has 1 saturated heterocycles. The van der Waals surface area contributed by atoms with Gasteiger partial charge in [-0.2, -0.15) is 4.31 Å². The fraction of sp³-hybridized carbons (Fsp3) is 0.381. The maximum absolute atomic E-state index is 12.9. The van der Waals surface area contributed by atoms with Gasteiger partial charge in [0.25, 0.3) is 5.69 Å². The molecule has 1 aliphatic heterocycles. The SMILES string of the molecule is Cc1ccc(S(=O)(=O)N2CCCCC2)cc1NC(=O)CNc1cccc([N+](=O)[O-])c1C. The zero-order valence-corrected chi connectivity index (χ0v) is 18.4. The number of nitro groups is 1. The van der Waals surface area contributed by atoms with Crippen LogP contribution in [0.1, 0.15) is 30.4 Å². The lowest BCUT2D eigenvalue weighted by Crippen LogP contribution is -2.35. The predicted molar refractivity (Wildman–Crippen MR) is 119 cm³/mol. The third-order valence-electron chi connectivity index (χ3n) is 5.38. The van der Waals surface area contributed by atoms with Crippen LogP contribution in [0.4, 0.5) is 17.1 Å². The number of nitrogens with zero attached hydrogens (tertiary/aromatic N) is 2. The molecule has 0 saturated carbocycles. The molecule has 0 aliphatic carbocycles. The van der Waals surface area contributed by atoms with E-state index in [0.29, 0.717) is 30.0 Å². The van der Waals surface area contributed by atoms with E-state index in [0.717, 1.165) is 24.8 Å². The van der Waals surface area contributed by atoms with Crippen molar-refractivity contribution in [2.24, 2.45) is 0 Å². The number of benzene rings is 2. The summed E-state index contributed by atoms with van der Waals surface area (Å²) in [6.07, 6.45) is 2.72. The Morgan fingerprint density at radius 2 is 1.81 bits per heavy atom. The second-order valence-corrected chi connectivity index (χ2v) is 9.49. The zero-order valence-electron chi connectivity index (χ0n) is 17.6. The summed E-state index contributed by atoms with van der Waals surface area (Å²) < 4.78 is 27.3. The minimum atomic E-state index is -3.61. The van der Waals surface area contributed by atoms with Gasteiger partial charge in [-0.15, -0.1) is 0 Å². The Bertz CT molecular complexity index is 1090. The van der Waals surface area contributed by atoms with Crippen LogP contribution in [0.3, 0.4) is 0 Å². The lowest BCUT2D eigenvalue weighted by atomic mass is 10.1. The van der Waals surface area contributed by atoms with Crippen molar-refractivity contribution in [3.05, 3.63) is 57.6 Å². The molecule has 1 aliphatic rings. The highest BCUT2D eigenvalue weighted by atomic mass is 32.2. The first-order valence-electron chi connectivity index (χ1n) is 10.1. The smallest absolute Gasteiger partial charge is 0.274 e. The fourth-order valence-corrected chi connectivity index (χ4v) is 5.08. The van der Waals surface area contributed by atoms with Crippen LogP contribution in [0.2, 0.25) is 0 Å². The number of rotatable bonds is 7. The van der Waals surface area contributed by atoms with Gasteiger partial charge in [0, 0.05) is 36.1 Å². The number of nitrogens with one attached hydrogen (secondary N) is 2. The van der Waals surface area contributed by atoms with Gasteiger partial charge in [-0.3, -0.25) is 14.9 Å². The number of anilines is 2. The molecule has 0 bridgehead atoms. The molecule has 1 fully saturated rings. The van der Waals surface area contributed by atoms with Crippen LogP contribution in [-0.4, -0.2) is 43.2 Å². The van der Waals surface area contributed by atoms with E-state index in [1.165, 1.54) is 16.4 Å². The number of carbonyl (C=O) groups excluding carboxylic acids is 1. The van der Waals surface area contributed by atoms with E-state index in [2.05, 4.69) is 10.6 Å². The van der Waals surface area contributed by atoms with E-state index in [1.807, 2.05) is 0 Å². The highest BCUT2D eigenvalue weighted by molar-refractivity contribution is 7.89. The van der Waals surface area contributed by atoms with E-state index in [4.69, 9.17) is 0 Å². The summed E-state index contributed by atoms with van der Waals surface area (Å²) in [6, 6.07) is 9.31. The van der Waals surface area contributed by atoms with Crippen LogP contribution in [0.15, 0.2) is 41.3 Å². The third kappa shape index (κ3) is 5.20. The molecule has 2 aromatic carbocycles. The van der Waals surface area contributed by atoms with E-state index >= 15 is 0 Å². The van der Waals surface area contributed by atoms with Gasteiger partial charge in [-0.25, -0.2) is 8.42 Å². The molecule has 3 rings (SSSR count). The summed E-state index contributed by atoms with van der Waals surface area (Å²) in [7, 11) is -3.61. The van der Waals surface area contributed by atoms with Crippen molar-refractivity contribution < 1.29 is 18.1 Å². The third-order valence-corrected chi connectivity index (χ3v) is 7.27. The Labute approximate surface area is 181 Å². The van der Waals surface area contributed by atoms with Crippen LogP contribution in [0.25, 0.3) is 0 Å². The molecular weight excluding hydrogens is 420 g/mol. The monoisotopic (exact) mass is 446 g/mol. The highest BCUT2D eigenvalue weighted by Gasteiger charge is 2.26. The fourth-order valence-electron chi connectivity index (χ4n) is 3.53. The number of hydrogen-bond acceptors (Lipinski definition) is 6. The molecule has 0 unspecified atom stereocenters. The summed E-state index contributed by atoms with van der Waals surface area (Å²) >= 11 is 0. The quantitative estimate of drug-likeness (QED) is 0.496. The average Bonchev–Trinajstić information content (AvgIpc) is 2.75. The normalized spacial score (nSPS) is 14.8. The lowest BCUT2D eigenvalue weighted by Gasteiger charge is -2.26. The zero-order chi connectivity index (χ0) is 22.6. The van der Waals surface area contributed by atoms with Gasteiger partial charge >= 0.3 is 0 Å². The molecule has 9 nitrogen and oxygen atoms in total. The van der Waals surface area contributed by atoms with Crippen molar-refractivity contribution in [1.82, 2.24) is 4.31 Å².